The molecule has 1 amide bonds. The van der Waals surface area contributed by atoms with Gasteiger partial charge in [-0.2, -0.15) is 5.26 Å². The highest BCUT2D eigenvalue weighted by Gasteiger charge is 2.37. The number of ether oxygens (including phenoxy) is 2. The highest BCUT2D eigenvalue weighted by molar-refractivity contribution is 6.30. The van der Waals surface area contributed by atoms with Crippen molar-refractivity contribution in [2.24, 2.45) is 5.73 Å². The van der Waals surface area contributed by atoms with Crippen molar-refractivity contribution in [1.82, 2.24) is 4.98 Å². The average Bonchev–Trinajstić information content (AvgIpc) is 2.79. The minimum absolute atomic E-state index is 0.0328. The fourth-order valence-electron chi connectivity index (χ4n) is 3.76. The van der Waals surface area contributed by atoms with E-state index in [-0.39, 0.29) is 28.4 Å². The van der Waals surface area contributed by atoms with Crippen LogP contribution in [0.25, 0.3) is 10.9 Å². The number of fused-ring (bicyclic) bond motifs is 1. The third-order valence-corrected chi connectivity index (χ3v) is 5.60. The summed E-state index contributed by atoms with van der Waals surface area (Å²) in [6.45, 7) is 1.56. The van der Waals surface area contributed by atoms with Crippen molar-refractivity contribution in [3.05, 3.63) is 92.3 Å². The van der Waals surface area contributed by atoms with Gasteiger partial charge in [0.05, 0.1) is 18.6 Å². The summed E-state index contributed by atoms with van der Waals surface area (Å²) in [5.41, 5.74) is 6.83. The maximum atomic E-state index is 13.3. The third-order valence-electron chi connectivity index (χ3n) is 5.34. The Kier molecular flexibility index (Phi) is 5.82. The summed E-state index contributed by atoms with van der Waals surface area (Å²) >= 11 is 5.92. The Labute approximate surface area is 193 Å². The number of carbonyl (C=O) groups excluding carboxylic acids is 1. The molecule has 1 aliphatic heterocycles. The lowest BCUT2D eigenvalue weighted by molar-refractivity contribution is -0.113. The first-order valence-electron chi connectivity index (χ1n) is 9.88. The number of benzene rings is 2. The first kappa shape index (κ1) is 22.0. The Morgan fingerprint density at radius 3 is 2.64 bits per heavy atom. The van der Waals surface area contributed by atoms with Crippen molar-refractivity contribution < 1.29 is 14.3 Å². The number of halogens is 1. The first-order valence-corrected chi connectivity index (χ1v) is 10.3. The van der Waals surface area contributed by atoms with E-state index in [9.17, 15) is 14.9 Å². The molecular formula is C24H19ClN4O4. The largest absolute Gasteiger partial charge is 0.497 e. The van der Waals surface area contributed by atoms with E-state index in [1.54, 1.807) is 55.5 Å². The lowest BCUT2D eigenvalue weighted by Crippen LogP contribution is -2.30. The number of aromatic amines is 1. The number of H-pyrrole nitrogens is 1. The number of methoxy groups -OCH3 is 1. The summed E-state index contributed by atoms with van der Waals surface area (Å²) in [4.78, 5) is 29.2. The molecule has 8 nitrogen and oxygen atoms in total. The van der Waals surface area contributed by atoms with Crippen LogP contribution in [0.1, 0.15) is 18.4 Å². The molecule has 4 N–H and O–H groups in total. The predicted molar refractivity (Wildman–Crippen MR) is 125 cm³/mol. The SMILES string of the molecule is COc1ccc2[nH]c(=O)c(C3C(C#N)=C(N)OC(C)=C3C(=O)Nc3ccc(Cl)cc3)cc2c1. The topological polar surface area (TPSA) is 130 Å². The summed E-state index contributed by atoms with van der Waals surface area (Å²) in [5.74, 6) is -0.947. The number of allylic oxidation sites excluding steroid dienone is 2. The molecule has 4 rings (SSSR count). The molecule has 3 aromatic rings. The van der Waals surface area contributed by atoms with E-state index in [4.69, 9.17) is 26.8 Å². The second-order valence-electron chi connectivity index (χ2n) is 7.36. The van der Waals surface area contributed by atoms with Gasteiger partial charge in [0.25, 0.3) is 11.5 Å². The number of aromatic nitrogens is 1. The van der Waals surface area contributed by atoms with Crippen molar-refractivity contribution in [2.75, 3.05) is 12.4 Å². The number of nitrogens with zero attached hydrogens (tertiary/aromatic N) is 1. The van der Waals surface area contributed by atoms with Gasteiger partial charge in [-0.05, 0) is 55.5 Å². The van der Waals surface area contributed by atoms with E-state index in [1.807, 2.05) is 6.07 Å². The van der Waals surface area contributed by atoms with Gasteiger partial charge in [0.15, 0.2) is 0 Å². The van der Waals surface area contributed by atoms with Crippen molar-refractivity contribution in [3.63, 3.8) is 0 Å². The van der Waals surface area contributed by atoms with Crippen LogP contribution >= 0.6 is 11.6 Å². The number of hydrogen-bond donors (Lipinski definition) is 3. The maximum Gasteiger partial charge on any atom is 0.255 e. The van der Waals surface area contributed by atoms with Gasteiger partial charge in [-0.3, -0.25) is 9.59 Å². The van der Waals surface area contributed by atoms with Crippen molar-refractivity contribution in [2.45, 2.75) is 12.8 Å². The quantitative estimate of drug-likeness (QED) is 0.538. The van der Waals surface area contributed by atoms with Crippen molar-refractivity contribution in [3.8, 4) is 11.8 Å². The zero-order valence-electron chi connectivity index (χ0n) is 17.7. The molecule has 33 heavy (non-hydrogen) atoms. The van der Waals surface area contributed by atoms with Gasteiger partial charge in [-0.15, -0.1) is 0 Å². The second kappa shape index (κ2) is 8.73. The molecule has 0 aliphatic carbocycles. The van der Waals surface area contributed by atoms with Crippen LogP contribution in [0.2, 0.25) is 5.02 Å². The molecule has 0 bridgehead atoms. The van der Waals surface area contributed by atoms with Crippen LogP contribution in [0.3, 0.4) is 0 Å². The van der Waals surface area contributed by atoms with E-state index in [0.29, 0.717) is 27.4 Å². The monoisotopic (exact) mass is 462 g/mol. The summed E-state index contributed by atoms with van der Waals surface area (Å²) in [6, 6.07) is 15.3. The van der Waals surface area contributed by atoms with Crippen LogP contribution in [0.4, 0.5) is 5.69 Å². The van der Waals surface area contributed by atoms with Gasteiger partial charge in [-0.1, -0.05) is 11.6 Å². The summed E-state index contributed by atoms with van der Waals surface area (Å²) < 4.78 is 10.8. The van der Waals surface area contributed by atoms with Crippen LogP contribution in [0, 0.1) is 11.3 Å². The lowest BCUT2D eigenvalue weighted by Gasteiger charge is -2.27. The molecule has 1 unspecified atom stereocenters. The van der Waals surface area contributed by atoms with Crippen LogP contribution in [-0.4, -0.2) is 18.0 Å². The molecule has 1 aliphatic rings. The Bertz CT molecular complexity index is 1430. The molecule has 2 aromatic carbocycles. The highest BCUT2D eigenvalue weighted by atomic mass is 35.5. The summed E-state index contributed by atoms with van der Waals surface area (Å²) in [7, 11) is 1.54. The Balaban J connectivity index is 1.86. The fraction of sp³-hybridized carbons (Fsp3) is 0.125. The van der Waals surface area contributed by atoms with Gasteiger partial charge in [-0.25, -0.2) is 0 Å². The normalized spacial score (nSPS) is 15.8. The van der Waals surface area contributed by atoms with Crippen LogP contribution < -0.4 is 21.3 Å². The van der Waals surface area contributed by atoms with E-state index in [2.05, 4.69) is 10.3 Å². The fourth-order valence-corrected chi connectivity index (χ4v) is 3.89. The number of pyridine rings is 1. The molecule has 0 saturated heterocycles. The Hall–Kier alpha value is -4.22. The van der Waals surface area contributed by atoms with Gasteiger partial charge >= 0.3 is 0 Å². The summed E-state index contributed by atoms with van der Waals surface area (Å²) in [6.07, 6.45) is 0. The average molecular weight is 463 g/mol. The van der Waals surface area contributed by atoms with Crippen LogP contribution in [-0.2, 0) is 9.53 Å². The molecule has 0 radical (unpaired) electrons. The van der Waals surface area contributed by atoms with Gasteiger partial charge in [0.2, 0.25) is 5.88 Å². The molecule has 1 aromatic heterocycles. The summed E-state index contributed by atoms with van der Waals surface area (Å²) in [5, 5.41) is 13.8. The number of hydrogen-bond acceptors (Lipinski definition) is 6. The maximum absolute atomic E-state index is 13.3. The standard InChI is InChI=1S/C24H19ClN4O4/c1-12-20(24(31)28-15-5-3-14(25)4-6-15)21(18(11-26)22(27)33-12)17-10-13-9-16(32-2)7-8-19(13)29-23(17)30/h3-10,21H,27H2,1-2H3,(H,28,31)(H,29,30). The van der Waals surface area contributed by atoms with E-state index >= 15 is 0 Å². The molecule has 1 atom stereocenters. The molecular weight excluding hydrogens is 444 g/mol. The lowest BCUT2D eigenvalue weighted by atomic mass is 9.82. The van der Waals surface area contributed by atoms with Gasteiger partial charge in [0, 0.05) is 27.2 Å². The molecule has 2 heterocycles. The van der Waals surface area contributed by atoms with E-state index in [1.165, 1.54) is 7.11 Å². The molecule has 166 valence electrons. The molecule has 0 fully saturated rings. The molecule has 0 spiro atoms. The van der Waals surface area contributed by atoms with Crippen LogP contribution in [0.5, 0.6) is 5.75 Å². The molecule has 0 saturated carbocycles. The highest BCUT2D eigenvalue weighted by Crippen LogP contribution is 2.39. The van der Waals surface area contributed by atoms with E-state index < -0.39 is 17.4 Å². The van der Waals surface area contributed by atoms with E-state index in [0.717, 1.165) is 0 Å². The number of nitriles is 1. The number of nitrogens with two attached hydrogens (primary N) is 1. The number of nitrogens with one attached hydrogen (secondary N) is 2. The van der Waals surface area contributed by atoms with Crippen molar-refractivity contribution >= 4 is 34.1 Å². The minimum atomic E-state index is -1.03. The number of rotatable bonds is 4. The predicted octanol–water partition coefficient (Wildman–Crippen LogP) is 3.91. The van der Waals surface area contributed by atoms with Crippen LogP contribution in [0.15, 0.2) is 76.1 Å². The Morgan fingerprint density at radius 2 is 1.97 bits per heavy atom. The smallest absolute Gasteiger partial charge is 0.255 e. The zero-order valence-corrected chi connectivity index (χ0v) is 18.5. The van der Waals surface area contributed by atoms with Crippen molar-refractivity contribution in [1.29, 1.82) is 5.26 Å². The number of anilines is 1. The Morgan fingerprint density at radius 1 is 1.24 bits per heavy atom. The number of carbonyl (C=O) groups is 1. The first-order chi connectivity index (χ1) is 15.8. The number of amides is 1. The van der Waals surface area contributed by atoms with Gasteiger partial charge in [0.1, 0.15) is 23.2 Å². The minimum Gasteiger partial charge on any atom is -0.497 e. The third kappa shape index (κ3) is 4.14. The van der Waals surface area contributed by atoms with Gasteiger partial charge < -0.3 is 25.5 Å². The second-order valence-corrected chi connectivity index (χ2v) is 7.80. The zero-order chi connectivity index (χ0) is 23.7. The molecule has 9 heteroatoms.